The minimum atomic E-state index is -1.18. The van der Waals surface area contributed by atoms with E-state index in [1.165, 1.54) is 0 Å². The highest BCUT2D eigenvalue weighted by molar-refractivity contribution is 6.15. The van der Waals surface area contributed by atoms with Gasteiger partial charge in [0.1, 0.15) is 5.75 Å². The molecule has 0 radical (unpaired) electrons. The zero-order valence-electron chi connectivity index (χ0n) is 10.3. The Bertz CT molecular complexity index is 569. The van der Waals surface area contributed by atoms with Crippen LogP contribution >= 0.6 is 0 Å². The molecule has 1 aromatic carbocycles. The summed E-state index contributed by atoms with van der Waals surface area (Å²) in [5.74, 6) is -0.172. The van der Waals surface area contributed by atoms with E-state index in [9.17, 15) is 9.90 Å². The van der Waals surface area contributed by atoms with Gasteiger partial charge in [0.15, 0.2) is 0 Å². The Morgan fingerprint density at radius 3 is 2.78 bits per heavy atom. The Labute approximate surface area is 106 Å². The summed E-state index contributed by atoms with van der Waals surface area (Å²) in [6.07, 6.45) is 1.63. The van der Waals surface area contributed by atoms with Gasteiger partial charge in [-0.25, -0.2) is 6.57 Å². The maximum absolute atomic E-state index is 12.0. The van der Waals surface area contributed by atoms with Crippen molar-refractivity contribution in [3.63, 3.8) is 0 Å². The van der Waals surface area contributed by atoms with Gasteiger partial charge in [0.25, 0.3) is 0 Å². The van der Waals surface area contributed by atoms with Gasteiger partial charge in [0.2, 0.25) is 0 Å². The average Bonchev–Trinajstić information content (AvgIpc) is 3.04. The normalized spacial score (nSPS) is 21.1. The highest BCUT2D eigenvalue weighted by Crippen LogP contribution is 2.47. The lowest BCUT2D eigenvalue weighted by Gasteiger charge is -2.10. The molecule has 1 aliphatic carbocycles. The molecule has 2 N–H and O–H groups in total. The van der Waals surface area contributed by atoms with Crippen LogP contribution in [0.5, 0.6) is 5.75 Å². The summed E-state index contributed by atoms with van der Waals surface area (Å²) in [7, 11) is 0. The molecule has 1 aliphatic rings. The third-order valence-electron chi connectivity index (χ3n) is 2.78. The Hall–Kier alpha value is -2.28. The largest absolute Gasteiger partial charge is 0.508 e. The fourth-order valence-corrected chi connectivity index (χ4v) is 1.85. The third-order valence-corrected chi connectivity index (χ3v) is 2.78. The Morgan fingerprint density at radius 2 is 2.22 bits per heavy atom. The van der Waals surface area contributed by atoms with Crippen LogP contribution in [0.1, 0.15) is 19.4 Å². The number of carbonyl (C=O) groups is 1. The number of phenols is 1. The quantitative estimate of drug-likeness (QED) is 0.796. The van der Waals surface area contributed by atoms with Crippen LogP contribution in [-0.2, 0) is 4.79 Å². The number of carbonyl (C=O) groups excluding carboxylic acids is 1. The molecule has 1 atom stereocenters. The molecule has 1 aromatic rings. The Morgan fingerprint density at radius 1 is 1.50 bits per heavy atom. The predicted molar refractivity (Wildman–Crippen MR) is 68.7 cm³/mol. The van der Waals surface area contributed by atoms with E-state index in [1.807, 2.05) is 13.8 Å². The molecule has 0 fully saturated rings. The van der Waals surface area contributed by atoms with E-state index < -0.39 is 5.54 Å². The van der Waals surface area contributed by atoms with Crippen molar-refractivity contribution in [1.82, 2.24) is 5.32 Å². The number of rotatable bonds is 3. The monoisotopic (exact) mass is 242 g/mol. The Balaban J connectivity index is 2.22. The van der Waals surface area contributed by atoms with E-state index in [2.05, 4.69) is 10.2 Å². The SMILES string of the molecule is [C-]#[N+][C@@]1(C(=O)NC(C)C)C=C1c1cccc(O)c1. The summed E-state index contributed by atoms with van der Waals surface area (Å²) in [5, 5.41) is 12.2. The highest BCUT2D eigenvalue weighted by Gasteiger charge is 2.59. The summed E-state index contributed by atoms with van der Waals surface area (Å²) in [5.41, 5.74) is 0.189. The summed E-state index contributed by atoms with van der Waals surface area (Å²) in [6.45, 7) is 10.9. The molecule has 18 heavy (non-hydrogen) atoms. The van der Waals surface area contributed by atoms with Crippen LogP contribution in [0.15, 0.2) is 30.3 Å². The molecule has 0 spiro atoms. The van der Waals surface area contributed by atoms with Gasteiger partial charge in [-0.1, -0.05) is 12.1 Å². The lowest BCUT2D eigenvalue weighted by molar-refractivity contribution is -0.122. The zero-order valence-corrected chi connectivity index (χ0v) is 10.3. The smallest absolute Gasteiger partial charge is 0.353 e. The molecule has 0 unspecified atom stereocenters. The van der Waals surface area contributed by atoms with Crippen molar-refractivity contribution in [2.24, 2.45) is 0 Å². The van der Waals surface area contributed by atoms with Gasteiger partial charge in [-0.15, -0.1) is 0 Å². The maximum Gasteiger partial charge on any atom is 0.353 e. The average molecular weight is 242 g/mol. The molecule has 0 aliphatic heterocycles. The molecule has 0 bridgehead atoms. The number of nitrogens with zero attached hydrogens (tertiary/aromatic N) is 1. The maximum atomic E-state index is 12.0. The molecule has 0 saturated heterocycles. The van der Waals surface area contributed by atoms with Crippen LogP contribution in [0.25, 0.3) is 10.4 Å². The molecular weight excluding hydrogens is 228 g/mol. The van der Waals surface area contributed by atoms with Crippen molar-refractivity contribution in [1.29, 1.82) is 0 Å². The number of nitrogens with one attached hydrogen (secondary N) is 1. The van der Waals surface area contributed by atoms with Crippen LogP contribution in [-0.4, -0.2) is 22.6 Å². The first-order valence-electron chi connectivity index (χ1n) is 5.72. The third kappa shape index (κ3) is 1.95. The first-order chi connectivity index (χ1) is 8.49. The number of benzene rings is 1. The van der Waals surface area contributed by atoms with Crippen molar-refractivity contribution in [2.45, 2.75) is 25.4 Å². The van der Waals surface area contributed by atoms with E-state index in [0.29, 0.717) is 11.1 Å². The van der Waals surface area contributed by atoms with Gasteiger partial charge in [0.05, 0.1) is 5.57 Å². The molecule has 4 heteroatoms. The first kappa shape index (κ1) is 12.2. The first-order valence-corrected chi connectivity index (χ1v) is 5.72. The second-order valence-corrected chi connectivity index (χ2v) is 4.61. The summed E-state index contributed by atoms with van der Waals surface area (Å²) >= 11 is 0. The standard InChI is InChI=1S/C14H14N2O2/c1-9(2)16-13(18)14(15-3)8-12(14)10-5-4-6-11(17)7-10/h4-9,17H,1-2H3,(H,16,18)/t14-/m0/s1. The van der Waals surface area contributed by atoms with Crippen LogP contribution in [0.2, 0.25) is 0 Å². The van der Waals surface area contributed by atoms with Crippen molar-refractivity contribution in [2.75, 3.05) is 0 Å². The van der Waals surface area contributed by atoms with E-state index in [4.69, 9.17) is 6.57 Å². The summed E-state index contributed by atoms with van der Waals surface area (Å²) < 4.78 is 0. The minimum absolute atomic E-state index is 0.00412. The number of aromatic hydroxyl groups is 1. The molecule has 0 saturated carbocycles. The van der Waals surface area contributed by atoms with Gasteiger partial charge in [-0.2, -0.15) is 0 Å². The molecule has 0 aromatic heterocycles. The fraction of sp³-hybridized carbons (Fsp3) is 0.286. The van der Waals surface area contributed by atoms with E-state index in [-0.39, 0.29) is 17.7 Å². The topological polar surface area (TPSA) is 53.7 Å². The van der Waals surface area contributed by atoms with Crippen LogP contribution in [0, 0.1) is 6.57 Å². The number of amides is 1. The summed E-state index contributed by atoms with van der Waals surface area (Å²) in [6, 6.07) is 6.58. The molecular formula is C14H14N2O2. The molecule has 4 nitrogen and oxygen atoms in total. The number of hydrogen-bond acceptors (Lipinski definition) is 2. The number of phenolic OH excluding ortho intramolecular Hbond substituents is 1. The second-order valence-electron chi connectivity index (χ2n) is 4.61. The van der Waals surface area contributed by atoms with Crippen molar-refractivity contribution in [3.8, 4) is 5.75 Å². The fourth-order valence-electron chi connectivity index (χ4n) is 1.85. The van der Waals surface area contributed by atoms with Crippen LogP contribution in [0.3, 0.4) is 0 Å². The van der Waals surface area contributed by atoms with Crippen LogP contribution < -0.4 is 5.32 Å². The lowest BCUT2D eigenvalue weighted by atomic mass is 10.0. The summed E-state index contributed by atoms with van der Waals surface area (Å²) in [4.78, 5) is 15.4. The van der Waals surface area contributed by atoms with Gasteiger partial charge >= 0.3 is 11.4 Å². The van der Waals surface area contributed by atoms with Gasteiger partial charge in [-0.05, 0) is 31.5 Å². The van der Waals surface area contributed by atoms with Crippen molar-refractivity contribution >= 4 is 11.5 Å². The van der Waals surface area contributed by atoms with Gasteiger partial charge in [0, 0.05) is 12.1 Å². The van der Waals surface area contributed by atoms with Crippen molar-refractivity contribution in [3.05, 3.63) is 47.3 Å². The van der Waals surface area contributed by atoms with E-state index in [0.717, 1.165) is 0 Å². The van der Waals surface area contributed by atoms with Crippen molar-refractivity contribution < 1.29 is 9.90 Å². The molecule has 0 heterocycles. The van der Waals surface area contributed by atoms with Gasteiger partial charge in [-0.3, -0.25) is 9.64 Å². The lowest BCUT2D eigenvalue weighted by Crippen LogP contribution is -2.40. The molecule has 92 valence electrons. The van der Waals surface area contributed by atoms with Gasteiger partial charge < -0.3 is 10.4 Å². The Kier molecular flexibility index (Phi) is 2.84. The highest BCUT2D eigenvalue weighted by atomic mass is 16.3. The molecule has 2 rings (SSSR count). The minimum Gasteiger partial charge on any atom is -0.508 e. The van der Waals surface area contributed by atoms with Crippen LogP contribution in [0.4, 0.5) is 0 Å². The second kappa shape index (κ2) is 4.19. The van der Waals surface area contributed by atoms with E-state index in [1.54, 1.807) is 30.3 Å². The van der Waals surface area contributed by atoms with E-state index >= 15 is 0 Å². The molecule has 1 amide bonds. The number of hydrogen-bond donors (Lipinski definition) is 2. The zero-order chi connectivity index (χ0) is 13.3. The predicted octanol–water partition coefficient (Wildman–Crippen LogP) is 1.97.